The average Bonchev–Trinajstić information content (AvgIpc) is 2.21. The Morgan fingerprint density at radius 1 is 1.53 bits per heavy atom. The summed E-state index contributed by atoms with van der Waals surface area (Å²) in [6.07, 6.45) is 0. The van der Waals surface area contributed by atoms with E-state index in [2.05, 4.69) is 9.97 Å². The van der Waals surface area contributed by atoms with Crippen molar-refractivity contribution in [1.29, 1.82) is 0 Å². The first-order valence-corrected chi connectivity index (χ1v) is 4.79. The first kappa shape index (κ1) is 10.1. The summed E-state index contributed by atoms with van der Waals surface area (Å²) < 4.78 is 0. The third kappa shape index (κ3) is 1.73. The second kappa shape index (κ2) is 3.64. The first-order valence-electron chi connectivity index (χ1n) is 4.41. The van der Waals surface area contributed by atoms with Gasteiger partial charge in [-0.05, 0) is 24.6 Å². The Labute approximate surface area is 90.5 Å². The van der Waals surface area contributed by atoms with Crippen molar-refractivity contribution in [1.82, 2.24) is 9.97 Å². The molecule has 5 heteroatoms. The van der Waals surface area contributed by atoms with Crippen molar-refractivity contribution in [2.45, 2.75) is 13.5 Å². The third-order valence-corrected chi connectivity index (χ3v) is 2.45. The maximum absolute atomic E-state index is 11.3. The van der Waals surface area contributed by atoms with Crippen molar-refractivity contribution in [2.75, 3.05) is 0 Å². The van der Waals surface area contributed by atoms with E-state index in [0.29, 0.717) is 27.3 Å². The number of hydrogen-bond acceptors (Lipinski definition) is 3. The maximum Gasteiger partial charge on any atom is 0.269 e. The highest BCUT2D eigenvalue weighted by molar-refractivity contribution is 6.34. The van der Waals surface area contributed by atoms with Crippen molar-refractivity contribution in [3.8, 4) is 0 Å². The first-order chi connectivity index (χ1) is 7.11. The topological polar surface area (TPSA) is 66.0 Å². The molecule has 0 spiro atoms. The maximum atomic E-state index is 11.3. The molecule has 0 saturated carbocycles. The van der Waals surface area contributed by atoms with Gasteiger partial charge in [0.05, 0.1) is 17.1 Å². The van der Waals surface area contributed by atoms with Gasteiger partial charge in [0.1, 0.15) is 11.2 Å². The third-order valence-electron chi connectivity index (χ3n) is 2.16. The number of aromatic amines is 1. The second-order valence-electron chi connectivity index (χ2n) is 3.28. The van der Waals surface area contributed by atoms with E-state index < -0.39 is 0 Å². The predicted molar refractivity (Wildman–Crippen MR) is 58.0 cm³/mol. The summed E-state index contributed by atoms with van der Waals surface area (Å²) in [7, 11) is 0. The molecule has 2 rings (SSSR count). The van der Waals surface area contributed by atoms with Crippen molar-refractivity contribution in [3.05, 3.63) is 38.8 Å². The van der Waals surface area contributed by atoms with Gasteiger partial charge in [0.15, 0.2) is 0 Å². The fourth-order valence-corrected chi connectivity index (χ4v) is 1.67. The van der Waals surface area contributed by atoms with Crippen LogP contribution in [0.3, 0.4) is 0 Å². The van der Waals surface area contributed by atoms with Crippen LogP contribution in [0.2, 0.25) is 5.02 Å². The van der Waals surface area contributed by atoms with E-state index in [1.165, 1.54) is 0 Å². The lowest BCUT2D eigenvalue weighted by atomic mass is 10.2. The van der Waals surface area contributed by atoms with Crippen LogP contribution in [-0.4, -0.2) is 15.1 Å². The molecule has 0 atom stereocenters. The largest absolute Gasteiger partial charge is 0.392 e. The highest BCUT2D eigenvalue weighted by Gasteiger charge is 2.06. The lowest BCUT2D eigenvalue weighted by molar-refractivity contribution is 0.282. The number of nitrogens with zero attached hydrogens (tertiary/aromatic N) is 1. The van der Waals surface area contributed by atoms with Crippen LogP contribution in [0.4, 0.5) is 0 Å². The highest BCUT2D eigenvalue weighted by Crippen LogP contribution is 2.21. The van der Waals surface area contributed by atoms with Crippen molar-refractivity contribution >= 4 is 22.6 Å². The van der Waals surface area contributed by atoms with E-state index in [1.807, 2.05) is 0 Å². The van der Waals surface area contributed by atoms with Crippen LogP contribution in [0.15, 0.2) is 16.9 Å². The molecule has 2 N–H and O–H groups in total. The number of rotatable bonds is 1. The number of aliphatic hydroxyl groups excluding tert-OH is 1. The Hall–Kier alpha value is -1.39. The molecular formula is C10H9ClN2O2. The Kier molecular flexibility index (Phi) is 2.46. The molecule has 0 radical (unpaired) electrons. The Balaban J connectivity index is 2.86. The number of aryl methyl sites for hydroxylation is 1. The number of benzene rings is 1. The quantitative estimate of drug-likeness (QED) is 0.769. The minimum atomic E-state index is -0.242. The lowest BCUT2D eigenvalue weighted by Crippen LogP contribution is -2.11. The molecule has 15 heavy (non-hydrogen) atoms. The van der Waals surface area contributed by atoms with Gasteiger partial charge in [-0.15, -0.1) is 0 Å². The number of nitrogens with one attached hydrogen (secondary N) is 1. The van der Waals surface area contributed by atoms with E-state index in [-0.39, 0.29) is 12.2 Å². The highest BCUT2D eigenvalue weighted by atomic mass is 35.5. The van der Waals surface area contributed by atoms with Crippen LogP contribution >= 0.6 is 11.6 Å². The zero-order valence-corrected chi connectivity index (χ0v) is 8.80. The van der Waals surface area contributed by atoms with Gasteiger partial charge >= 0.3 is 0 Å². The zero-order chi connectivity index (χ0) is 11.0. The molecule has 0 saturated heterocycles. The molecule has 78 valence electrons. The minimum Gasteiger partial charge on any atom is -0.392 e. The van der Waals surface area contributed by atoms with Crippen LogP contribution in [-0.2, 0) is 6.61 Å². The summed E-state index contributed by atoms with van der Waals surface area (Å²) in [5.74, 6) is 0. The molecular weight excluding hydrogens is 216 g/mol. The predicted octanol–water partition coefficient (Wildman–Crippen LogP) is 1.38. The van der Waals surface area contributed by atoms with Crippen molar-refractivity contribution in [2.24, 2.45) is 0 Å². The van der Waals surface area contributed by atoms with Gasteiger partial charge in [0, 0.05) is 0 Å². The van der Waals surface area contributed by atoms with Crippen LogP contribution in [0, 0.1) is 6.92 Å². The smallest absolute Gasteiger partial charge is 0.269 e. The van der Waals surface area contributed by atoms with Crippen LogP contribution in [0.5, 0.6) is 0 Å². The number of aliphatic hydroxyl groups is 1. The van der Waals surface area contributed by atoms with E-state index in [1.54, 1.807) is 19.1 Å². The standard InChI is InChI=1S/C10H9ClN2O2/c1-5-10(15)13-8-3-6(4-14)2-7(11)9(8)12-5/h2-3,14H,4H2,1H3,(H,13,15). The normalized spacial score (nSPS) is 10.9. The van der Waals surface area contributed by atoms with Gasteiger partial charge in [0.2, 0.25) is 0 Å². The summed E-state index contributed by atoms with van der Waals surface area (Å²) in [5, 5.41) is 9.40. The molecule has 0 bridgehead atoms. The molecule has 0 amide bonds. The van der Waals surface area contributed by atoms with Gasteiger partial charge in [-0.3, -0.25) is 4.79 Å². The van der Waals surface area contributed by atoms with Crippen LogP contribution in [0.1, 0.15) is 11.3 Å². The molecule has 0 aliphatic carbocycles. The monoisotopic (exact) mass is 224 g/mol. The molecule has 1 aromatic carbocycles. The number of aromatic nitrogens is 2. The molecule has 1 aromatic heterocycles. The average molecular weight is 225 g/mol. The van der Waals surface area contributed by atoms with E-state index >= 15 is 0 Å². The summed E-state index contributed by atoms with van der Waals surface area (Å²) in [6.45, 7) is 1.50. The molecule has 0 fully saturated rings. The zero-order valence-electron chi connectivity index (χ0n) is 8.04. The Morgan fingerprint density at radius 3 is 2.93 bits per heavy atom. The molecule has 4 nitrogen and oxygen atoms in total. The molecule has 1 heterocycles. The SMILES string of the molecule is Cc1nc2c(Cl)cc(CO)cc2[nH]c1=O. The molecule has 0 aliphatic heterocycles. The van der Waals surface area contributed by atoms with E-state index in [4.69, 9.17) is 16.7 Å². The van der Waals surface area contributed by atoms with E-state index in [0.717, 1.165) is 0 Å². The van der Waals surface area contributed by atoms with Gasteiger partial charge in [-0.1, -0.05) is 11.6 Å². The van der Waals surface area contributed by atoms with Crippen molar-refractivity contribution in [3.63, 3.8) is 0 Å². The number of H-pyrrole nitrogens is 1. The van der Waals surface area contributed by atoms with Crippen LogP contribution in [0.25, 0.3) is 11.0 Å². The van der Waals surface area contributed by atoms with Gasteiger partial charge in [0.25, 0.3) is 5.56 Å². The Morgan fingerprint density at radius 2 is 2.27 bits per heavy atom. The minimum absolute atomic E-state index is 0.119. The number of hydrogen-bond donors (Lipinski definition) is 2. The second-order valence-corrected chi connectivity index (χ2v) is 3.69. The summed E-state index contributed by atoms with van der Waals surface area (Å²) in [4.78, 5) is 18.1. The molecule has 0 aliphatic rings. The van der Waals surface area contributed by atoms with Gasteiger partial charge in [-0.2, -0.15) is 0 Å². The van der Waals surface area contributed by atoms with Gasteiger partial charge in [-0.25, -0.2) is 4.98 Å². The molecule has 2 aromatic rings. The summed E-state index contributed by atoms with van der Waals surface area (Å²) >= 11 is 5.97. The fraction of sp³-hybridized carbons (Fsp3) is 0.200. The van der Waals surface area contributed by atoms with Crippen molar-refractivity contribution < 1.29 is 5.11 Å². The van der Waals surface area contributed by atoms with E-state index in [9.17, 15) is 4.79 Å². The lowest BCUT2D eigenvalue weighted by Gasteiger charge is -2.03. The Bertz CT molecular complexity index is 577. The fourth-order valence-electron chi connectivity index (χ4n) is 1.39. The number of halogens is 1. The molecule has 0 unspecified atom stereocenters. The number of fused-ring (bicyclic) bond motifs is 1. The van der Waals surface area contributed by atoms with Crippen LogP contribution < -0.4 is 5.56 Å². The summed E-state index contributed by atoms with van der Waals surface area (Å²) in [5.41, 5.74) is 1.87. The van der Waals surface area contributed by atoms with Gasteiger partial charge < -0.3 is 10.1 Å². The summed E-state index contributed by atoms with van der Waals surface area (Å²) in [6, 6.07) is 3.30.